The van der Waals surface area contributed by atoms with E-state index >= 15 is 0 Å². The molecule has 1 aliphatic rings. The number of fused-ring (bicyclic) bond motifs is 1. The standard InChI is InChI=1S/C32H37N3O7/c1-21(33)28(36)34-25-14-8-9-15-27(25)40-26-16-10-13-23-17-18-32(19-24(23)26,35-29(37)41-31(2,3)4)42-30(38)39-20-22-11-6-5-7-12-22/h5-16,21H,17-20,33H2,1-4H3,(H,34,36)(H,35,37)/t21-,32+/m0/s1. The number of anilines is 1. The first-order valence-electron chi connectivity index (χ1n) is 13.8. The lowest BCUT2D eigenvalue weighted by molar-refractivity contribution is -0.117. The second-order valence-electron chi connectivity index (χ2n) is 11.2. The van der Waals surface area contributed by atoms with Crippen molar-refractivity contribution < 1.29 is 33.3 Å². The van der Waals surface area contributed by atoms with Gasteiger partial charge in [0.25, 0.3) is 0 Å². The van der Waals surface area contributed by atoms with Crippen molar-refractivity contribution in [1.29, 1.82) is 0 Å². The van der Waals surface area contributed by atoms with Gasteiger partial charge in [-0.1, -0.05) is 54.6 Å². The van der Waals surface area contributed by atoms with Crippen LogP contribution in [0.4, 0.5) is 15.3 Å². The van der Waals surface area contributed by atoms with Crippen LogP contribution in [0.25, 0.3) is 0 Å². The Hall–Kier alpha value is -4.57. The molecule has 10 heteroatoms. The summed E-state index contributed by atoms with van der Waals surface area (Å²) in [4.78, 5) is 38.1. The van der Waals surface area contributed by atoms with Gasteiger partial charge in [0.1, 0.15) is 18.0 Å². The zero-order valence-electron chi connectivity index (χ0n) is 24.3. The first-order chi connectivity index (χ1) is 19.9. The van der Waals surface area contributed by atoms with Crippen molar-refractivity contribution in [3.8, 4) is 11.5 Å². The Kier molecular flexibility index (Phi) is 9.37. The molecule has 0 aliphatic heterocycles. The Morgan fingerprint density at radius 3 is 2.36 bits per heavy atom. The van der Waals surface area contributed by atoms with Crippen LogP contribution in [0.1, 0.15) is 50.8 Å². The minimum absolute atomic E-state index is 0.0110. The van der Waals surface area contributed by atoms with E-state index in [1.807, 2.05) is 42.5 Å². The van der Waals surface area contributed by atoms with Crippen LogP contribution in [0.2, 0.25) is 0 Å². The molecule has 0 radical (unpaired) electrons. The molecule has 2 amide bonds. The van der Waals surface area contributed by atoms with E-state index in [0.717, 1.165) is 16.7 Å². The fourth-order valence-corrected chi connectivity index (χ4v) is 4.49. The van der Waals surface area contributed by atoms with Gasteiger partial charge in [0.2, 0.25) is 5.91 Å². The number of carbonyl (C=O) groups excluding carboxylic acids is 3. The van der Waals surface area contributed by atoms with Gasteiger partial charge in [0.15, 0.2) is 11.5 Å². The van der Waals surface area contributed by atoms with Crippen molar-refractivity contribution in [2.75, 3.05) is 5.32 Å². The highest BCUT2D eigenvalue weighted by molar-refractivity contribution is 5.95. The monoisotopic (exact) mass is 575 g/mol. The maximum Gasteiger partial charge on any atom is 0.510 e. The molecule has 0 aromatic heterocycles. The number of rotatable bonds is 8. The SMILES string of the molecule is C[C@H](N)C(=O)Nc1ccccc1Oc1cccc2c1C[C@](NC(=O)OC(C)(C)C)(OC(=O)OCc1ccccc1)CC2. The van der Waals surface area contributed by atoms with Crippen LogP contribution in [0, 0.1) is 0 Å². The van der Waals surface area contributed by atoms with Gasteiger partial charge in [-0.2, -0.15) is 0 Å². The van der Waals surface area contributed by atoms with Crippen LogP contribution in [-0.4, -0.2) is 35.5 Å². The Labute approximate surface area is 245 Å². The highest BCUT2D eigenvalue weighted by Gasteiger charge is 2.42. The summed E-state index contributed by atoms with van der Waals surface area (Å²) in [6.45, 7) is 6.85. The number of benzene rings is 3. The second-order valence-corrected chi connectivity index (χ2v) is 11.2. The first kappa shape index (κ1) is 30.4. The second kappa shape index (κ2) is 12.9. The van der Waals surface area contributed by atoms with Gasteiger partial charge in [-0.15, -0.1) is 0 Å². The van der Waals surface area contributed by atoms with Crippen molar-refractivity contribution in [2.45, 2.75) is 70.9 Å². The molecule has 0 saturated carbocycles. The van der Waals surface area contributed by atoms with Crippen LogP contribution in [-0.2, 0) is 38.5 Å². The molecule has 3 aromatic rings. The lowest BCUT2D eigenvalue weighted by Gasteiger charge is -2.38. The van der Waals surface area contributed by atoms with E-state index in [-0.39, 0.29) is 25.4 Å². The molecule has 0 bridgehead atoms. The molecular weight excluding hydrogens is 538 g/mol. The third-order valence-corrected chi connectivity index (χ3v) is 6.48. The summed E-state index contributed by atoms with van der Waals surface area (Å²) in [5, 5.41) is 5.57. The molecule has 0 fully saturated rings. The fourth-order valence-electron chi connectivity index (χ4n) is 4.49. The smallest absolute Gasteiger partial charge is 0.455 e. The van der Waals surface area contributed by atoms with Crippen LogP contribution in [0.3, 0.4) is 0 Å². The molecule has 0 unspecified atom stereocenters. The van der Waals surface area contributed by atoms with E-state index in [1.54, 1.807) is 58.0 Å². The molecule has 3 aromatic carbocycles. The lowest BCUT2D eigenvalue weighted by Crippen LogP contribution is -2.56. The minimum Gasteiger partial charge on any atom is -0.455 e. The Balaban J connectivity index is 1.61. The normalized spacial score (nSPS) is 16.8. The van der Waals surface area contributed by atoms with Crippen molar-refractivity contribution in [2.24, 2.45) is 5.73 Å². The van der Waals surface area contributed by atoms with E-state index < -0.39 is 29.6 Å². The molecule has 42 heavy (non-hydrogen) atoms. The van der Waals surface area contributed by atoms with Crippen molar-refractivity contribution >= 4 is 23.8 Å². The van der Waals surface area contributed by atoms with Gasteiger partial charge in [0, 0.05) is 18.4 Å². The highest BCUT2D eigenvalue weighted by atomic mass is 16.7. The predicted octanol–water partition coefficient (Wildman–Crippen LogP) is 5.83. The Bertz CT molecular complexity index is 1420. The topological polar surface area (TPSA) is 138 Å². The minimum atomic E-state index is -1.47. The molecule has 0 saturated heterocycles. The number of nitrogens with two attached hydrogens (primary N) is 1. The number of aryl methyl sites for hydroxylation is 1. The summed E-state index contributed by atoms with van der Waals surface area (Å²) in [5.74, 6) is 0.523. The van der Waals surface area contributed by atoms with E-state index in [4.69, 9.17) is 24.7 Å². The lowest BCUT2D eigenvalue weighted by atomic mass is 9.85. The molecule has 0 heterocycles. The summed E-state index contributed by atoms with van der Waals surface area (Å²) < 4.78 is 23.0. The predicted molar refractivity (Wildman–Crippen MR) is 157 cm³/mol. The van der Waals surface area contributed by atoms with Crippen LogP contribution >= 0.6 is 0 Å². The molecule has 0 spiro atoms. The summed E-state index contributed by atoms with van der Waals surface area (Å²) in [6.07, 6.45) is -0.821. The third kappa shape index (κ3) is 8.23. The molecule has 222 valence electrons. The molecule has 1 aliphatic carbocycles. The fraction of sp³-hybridized carbons (Fsp3) is 0.344. The van der Waals surface area contributed by atoms with Crippen molar-refractivity contribution in [3.63, 3.8) is 0 Å². The highest BCUT2D eigenvalue weighted by Crippen LogP contribution is 2.39. The van der Waals surface area contributed by atoms with Gasteiger partial charge in [-0.05, 0) is 63.4 Å². The number of amides is 2. The molecule has 4 rings (SSSR count). The van der Waals surface area contributed by atoms with Gasteiger partial charge in [-0.25, -0.2) is 9.59 Å². The first-order valence-corrected chi connectivity index (χ1v) is 13.8. The summed E-state index contributed by atoms with van der Waals surface area (Å²) in [5.41, 5.74) is 6.43. The summed E-state index contributed by atoms with van der Waals surface area (Å²) in [6, 6.07) is 21.1. The number of carbonyl (C=O) groups is 3. The van der Waals surface area contributed by atoms with Gasteiger partial charge >= 0.3 is 12.2 Å². The molecule has 2 atom stereocenters. The number of alkyl carbamates (subject to hydrolysis) is 1. The maximum absolute atomic E-state index is 12.9. The van der Waals surface area contributed by atoms with Gasteiger partial charge < -0.3 is 30.0 Å². The van der Waals surface area contributed by atoms with E-state index in [2.05, 4.69) is 10.6 Å². The van der Waals surface area contributed by atoms with Crippen molar-refractivity contribution in [1.82, 2.24) is 5.32 Å². The molecular formula is C32H37N3O7. The summed E-state index contributed by atoms with van der Waals surface area (Å²) >= 11 is 0. The number of nitrogens with one attached hydrogen (secondary N) is 2. The Morgan fingerprint density at radius 2 is 1.64 bits per heavy atom. The molecule has 10 nitrogen and oxygen atoms in total. The third-order valence-electron chi connectivity index (χ3n) is 6.48. The summed E-state index contributed by atoms with van der Waals surface area (Å²) in [7, 11) is 0. The number of para-hydroxylation sites is 2. The quantitative estimate of drug-likeness (QED) is 0.225. The largest absolute Gasteiger partial charge is 0.510 e. The number of hydrogen-bond donors (Lipinski definition) is 3. The number of ether oxygens (including phenoxy) is 4. The van der Waals surface area contributed by atoms with E-state index in [9.17, 15) is 14.4 Å². The average Bonchev–Trinajstić information content (AvgIpc) is 2.92. The average molecular weight is 576 g/mol. The van der Waals surface area contributed by atoms with E-state index in [1.165, 1.54) is 0 Å². The molecule has 4 N–H and O–H groups in total. The van der Waals surface area contributed by atoms with Crippen LogP contribution < -0.4 is 21.1 Å². The van der Waals surface area contributed by atoms with Gasteiger partial charge in [0.05, 0.1) is 11.7 Å². The van der Waals surface area contributed by atoms with Crippen LogP contribution in [0.5, 0.6) is 11.5 Å². The van der Waals surface area contributed by atoms with Gasteiger partial charge in [-0.3, -0.25) is 10.1 Å². The maximum atomic E-state index is 12.9. The Morgan fingerprint density at radius 1 is 0.952 bits per heavy atom. The number of hydrogen-bond acceptors (Lipinski definition) is 8. The zero-order valence-corrected chi connectivity index (χ0v) is 24.3. The zero-order chi connectivity index (χ0) is 30.3. The van der Waals surface area contributed by atoms with Crippen molar-refractivity contribution in [3.05, 3.63) is 89.5 Å². The van der Waals surface area contributed by atoms with Crippen LogP contribution in [0.15, 0.2) is 72.8 Å². The van der Waals surface area contributed by atoms with E-state index in [0.29, 0.717) is 23.6 Å².